The molecule has 0 aliphatic heterocycles. The number of ether oxygens (including phenoxy) is 2. The van der Waals surface area contributed by atoms with E-state index in [9.17, 15) is 22.4 Å². The molecule has 1 saturated carbocycles. The summed E-state index contributed by atoms with van der Waals surface area (Å²) in [5.41, 5.74) is 0.198. The topological polar surface area (TPSA) is 35.5 Å². The second kappa shape index (κ2) is 6.77. The molecule has 1 fully saturated rings. The lowest BCUT2D eigenvalue weighted by molar-refractivity contribution is -0.345. The van der Waals surface area contributed by atoms with Crippen LogP contribution in [0.15, 0.2) is 12.2 Å². The Morgan fingerprint density at radius 2 is 1.90 bits per heavy atom. The van der Waals surface area contributed by atoms with Crippen molar-refractivity contribution in [2.75, 3.05) is 6.61 Å². The predicted molar refractivity (Wildman–Crippen MR) is 68.2 cm³/mol. The summed E-state index contributed by atoms with van der Waals surface area (Å²) in [7, 11) is 0. The Bertz CT molecular complexity index is 386. The van der Waals surface area contributed by atoms with Gasteiger partial charge in [-0.2, -0.15) is 17.6 Å². The third-order valence-electron chi connectivity index (χ3n) is 3.24. The minimum absolute atomic E-state index is 0.0772. The van der Waals surface area contributed by atoms with Crippen molar-refractivity contribution in [1.82, 2.24) is 0 Å². The summed E-state index contributed by atoms with van der Waals surface area (Å²) >= 11 is 0. The second-order valence-corrected chi connectivity index (χ2v) is 5.38. The standard InChI is InChI=1S/C14H20F4O3/c1-4-9(2)12(19)21-11(7-10-5-6-10)8-20-14(17,18)13(3,15)16/h10-11H,2,4-8H2,1,3H3. The highest BCUT2D eigenvalue weighted by atomic mass is 19.3. The smallest absolute Gasteiger partial charge is 0.419 e. The van der Waals surface area contributed by atoms with Crippen LogP contribution in [0.1, 0.15) is 39.5 Å². The van der Waals surface area contributed by atoms with Crippen LogP contribution in [0, 0.1) is 5.92 Å². The Morgan fingerprint density at radius 1 is 1.33 bits per heavy atom. The van der Waals surface area contributed by atoms with Crippen LogP contribution < -0.4 is 0 Å². The maximum atomic E-state index is 13.1. The van der Waals surface area contributed by atoms with Gasteiger partial charge >= 0.3 is 18.0 Å². The Balaban J connectivity index is 2.57. The molecule has 1 atom stereocenters. The van der Waals surface area contributed by atoms with Crippen molar-refractivity contribution in [3.8, 4) is 0 Å². The van der Waals surface area contributed by atoms with Crippen LogP contribution in [0.25, 0.3) is 0 Å². The van der Waals surface area contributed by atoms with E-state index in [2.05, 4.69) is 11.3 Å². The molecular formula is C14H20F4O3. The number of hydrogen-bond acceptors (Lipinski definition) is 3. The quantitative estimate of drug-likeness (QED) is 0.368. The fourth-order valence-electron chi connectivity index (χ4n) is 1.58. The van der Waals surface area contributed by atoms with Gasteiger partial charge in [0, 0.05) is 12.5 Å². The molecule has 0 bridgehead atoms. The molecule has 0 aromatic rings. The molecule has 21 heavy (non-hydrogen) atoms. The number of alkyl halides is 4. The van der Waals surface area contributed by atoms with E-state index in [4.69, 9.17) is 4.74 Å². The first-order chi connectivity index (χ1) is 9.56. The summed E-state index contributed by atoms with van der Waals surface area (Å²) in [6.45, 7) is 4.49. The van der Waals surface area contributed by atoms with Gasteiger partial charge in [0.2, 0.25) is 0 Å². The van der Waals surface area contributed by atoms with Crippen molar-refractivity contribution in [2.24, 2.45) is 5.92 Å². The Morgan fingerprint density at radius 3 is 2.33 bits per heavy atom. The van der Waals surface area contributed by atoms with Crippen molar-refractivity contribution >= 4 is 5.97 Å². The molecule has 0 spiro atoms. The molecule has 0 saturated heterocycles. The van der Waals surface area contributed by atoms with Crippen molar-refractivity contribution in [3.05, 3.63) is 12.2 Å². The number of esters is 1. The number of halogens is 4. The fourth-order valence-corrected chi connectivity index (χ4v) is 1.58. The summed E-state index contributed by atoms with van der Waals surface area (Å²) < 4.78 is 60.5. The number of carbonyl (C=O) groups is 1. The van der Waals surface area contributed by atoms with Gasteiger partial charge in [0.25, 0.3) is 0 Å². The zero-order valence-corrected chi connectivity index (χ0v) is 12.1. The van der Waals surface area contributed by atoms with Crippen LogP contribution in [-0.2, 0) is 14.3 Å². The lowest BCUT2D eigenvalue weighted by atomic mass is 10.2. The van der Waals surface area contributed by atoms with Crippen LogP contribution in [0.5, 0.6) is 0 Å². The first kappa shape index (κ1) is 17.9. The van der Waals surface area contributed by atoms with Crippen LogP contribution in [0.2, 0.25) is 0 Å². The molecule has 1 aliphatic carbocycles. The highest BCUT2D eigenvalue weighted by Crippen LogP contribution is 2.37. The number of hydrogen-bond donors (Lipinski definition) is 0. The van der Waals surface area contributed by atoms with Gasteiger partial charge in [-0.15, -0.1) is 0 Å². The van der Waals surface area contributed by atoms with E-state index in [0.29, 0.717) is 12.8 Å². The van der Waals surface area contributed by atoms with Crippen molar-refractivity contribution in [2.45, 2.75) is 57.7 Å². The minimum Gasteiger partial charge on any atom is -0.457 e. The molecule has 0 N–H and O–H groups in total. The number of carbonyl (C=O) groups excluding carboxylic acids is 1. The van der Waals surface area contributed by atoms with Crippen molar-refractivity contribution < 1.29 is 31.8 Å². The Hall–Kier alpha value is -1.11. The fraction of sp³-hybridized carbons (Fsp3) is 0.786. The first-order valence-corrected chi connectivity index (χ1v) is 6.85. The first-order valence-electron chi connectivity index (χ1n) is 6.85. The second-order valence-electron chi connectivity index (χ2n) is 5.38. The average Bonchev–Trinajstić information content (AvgIpc) is 3.17. The van der Waals surface area contributed by atoms with E-state index >= 15 is 0 Å². The van der Waals surface area contributed by atoms with Gasteiger partial charge in [-0.25, -0.2) is 4.79 Å². The maximum Gasteiger partial charge on any atom is 0.419 e. The molecule has 3 nitrogen and oxygen atoms in total. The van der Waals surface area contributed by atoms with Gasteiger partial charge in [0.1, 0.15) is 6.10 Å². The summed E-state index contributed by atoms with van der Waals surface area (Å²) in [4.78, 5) is 11.6. The molecule has 122 valence electrons. The lowest BCUT2D eigenvalue weighted by Crippen LogP contribution is -2.42. The summed E-state index contributed by atoms with van der Waals surface area (Å²) in [5.74, 6) is -4.75. The molecular weight excluding hydrogens is 292 g/mol. The molecule has 1 rings (SSSR count). The molecule has 0 aromatic carbocycles. The lowest BCUT2D eigenvalue weighted by Gasteiger charge is -2.25. The van der Waals surface area contributed by atoms with Gasteiger partial charge in [-0.05, 0) is 18.8 Å². The maximum absolute atomic E-state index is 13.1. The van der Waals surface area contributed by atoms with Crippen LogP contribution in [0.3, 0.4) is 0 Å². The van der Waals surface area contributed by atoms with Gasteiger partial charge in [-0.1, -0.05) is 26.3 Å². The SMILES string of the molecule is C=C(CC)C(=O)OC(COC(F)(F)C(C)(F)F)CC1CC1. The van der Waals surface area contributed by atoms with Gasteiger partial charge in [0.15, 0.2) is 0 Å². The van der Waals surface area contributed by atoms with Crippen molar-refractivity contribution in [1.29, 1.82) is 0 Å². The Labute approximate surface area is 121 Å². The highest BCUT2D eigenvalue weighted by molar-refractivity contribution is 5.87. The van der Waals surface area contributed by atoms with Crippen molar-refractivity contribution in [3.63, 3.8) is 0 Å². The summed E-state index contributed by atoms with van der Waals surface area (Å²) in [6.07, 6.45) is -3.07. The molecule has 7 heteroatoms. The van der Waals surface area contributed by atoms with E-state index in [1.54, 1.807) is 6.92 Å². The van der Waals surface area contributed by atoms with E-state index < -0.39 is 30.7 Å². The van der Waals surface area contributed by atoms with Gasteiger partial charge in [0.05, 0.1) is 6.61 Å². The molecule has 0 radical (unpaired) electrons. The van der Waals surface area contributed by atoms with Gasteiger partial charge < -0.3 is 9.47 Å². The van der Waals surface area contributed by atoms with Crippen LogP contribution in [-0.4, -0.2) is 30.7 Å². The minimum atomic E-state index is -4.59. The molecule has 0 aromatic heterocycles. The molecule has 1 unspecified atom stereocenters. The zero-order chi connectivity index (χ0) is 16.3. The molecule has 0 heterocycles. The average molecular weight is 312 g/mol. The van der Waals surface area contributed by atoms with Gasteiger partial charge in [-0.3, -0.25) is 0 Å². The normalized spacial score (nSPS) is 17.4. The molecule has 0 amide bonds. The van der Waals surface area contributed by atoms with Crippen LogP contribution >= 0.6 is 0 Å². The summed E-state index contributed by atoms with van der Waals surface area (Å²) in [5, 5.41) is 0. The summed E-state index contributed by atoms with van der Waals surface area (Å²) in [6, 6.07) is 0. The van der Waals surface area contributed by atoms with E-state index in [0.717, 1.165) is 12.8 Å². The van der Waals surface area contributed by atoms with Crippen LogP contribution in [0.4, 0.5) is 17.6 Å². The monoisotopic (exact) mass is 312 g/mol. The number of rotatable bonds is 9. The highest BCUT2D eigenvalue weighted by Gasteiger charge is 2.54. The van der Waals surface area contributed by atoms with E-state index in [1.807, 2.05) is 0 Å². The third kappa shape index (κ3) is 5.65. The molecule has 1 aliphatic rings. The van der Waals surface area contributed by atoms with E-state index in [1.165, 1.54) is 0 Å². The third-order valence-corrected chi connectivity index (χ3v) is 3.24. The zero-order valence-electron chi connectivity index (χ0n) is 12.1. The Kier molecular flexibility index (Phi) is 5.78. The van der Waals surface area contributed by atoms with E-state index in [-0.39, 0.29) is 18.4 Å². The predicted octanol–water partition coefficient (Wildman–Crippen LogP) is 3.93. The largest absolute Gasteiger partial charge is 0.457 e.